The van der Waals surface area contributed by atoms with E-state index in [4.69, 9.17) is 14.5 Å². The lowest BCUT2D eigenvalue weighted by Gasteiger charge is -2.31. The van der Waals surface area contributed by atoms with Crippen molar-refractivity contribution in [3.8, 4) is 17.2 Å². The van der Waals surface area contributed by atoms with Gasteiger partial charge in [-0.05, 0) is 52.9 Å². The van der Waals surface area contributed by atoms with Crippen molar-refractivity contribution in [3.63, 3.8) is 0 Å². The molecule has 7 nitrogen and oxygen atoms in total. The van der Waals surface area contributed by atoms with E-state index in [1.165, 1.54) is 0 Å². The molecular weight excluding hydrogens is 558 g/mol. The molecule has 0 bridgehead atoms. The van der Waals surface area contributed by atoms with Gasteiger partial charge >= 0.3 is 0 Å². The fourth-order valence-corrected chi connectivity index (χ4v) is 5.25. The minimum Gasteiger partial charge on any atom is -0.497 e. The third kappa shape index (κ3) is 6.17. The minimum absolute atomic E-state index is 0.0182. The summed E-state index contributed by atoms with van der Waals surface area (Å²) in [7, 11) is 3.12. The molecule has 0 saturated carbocycles. The number of carbonyl (C=O) groups is 1. The lowest BCUT2D eigenvalue weighted by molar-refractivity contribution is -0.134. The number of carbonyl (C=O) groups excluding carboxylic acids is 1. The Bertz CT molecular complexity index is 1520. The highest BCUT2D eigenvalue weighted by Crippen LogP contribution is 2.37. The van der Waals surface area contributed by atoms with Crippen molar-refractivity contribution in [1.82, 2.24) is 14.5 Å². The van der Waals surface area contributed by atoms with Crippen LogP contribution in [0.25, 0.3) is 16.6 Å². The van der Waals surface area contributed by atoms with Crippen LogP contribution >= 0.6 is 15.9 Å². The van der Waals surface area contributed by atoms with Crippen molar-refractivity contribution < 1.29 is 14.3 Å². The standard InChI is InChI=1S/C31H34BrN3O4/c1-20(2)17-28(36)34(16-15-22-11-7-6-8-12-22)21(3)30-33-25-14-10-9-13-24(25)31(37)35(30)26-18-23(38-4)19-27(39-5)29(26)32/h6-14,18-21H,15-17H2,1-5H3. The van der Waals surface area contributed by atoms with Gasteiger partial charge in [0.25, 0.3) is 5.56 Å². The van der Waals surface area contributed by atoms with E-state index in [0.29, 0.717) is 57.8 Å². The predicted octanol–water partition coefficient (Wildman–Crippen LogP) is 6.34. The highest BCUT2D eigenvalue weighted by molar-refractivity contribution is 9.10. The number of fused-ring (bicyclic) bond motifs is 1. The number of hydrogen-bond donors (Lipinski definition) is 0. The molecule has 1 unspecified atom stereocenters. The molecule has 0 radical (unpaired) electrons. The van der Waals surface area contributed by atoms with Crippen molar-refractivity contribution in [1.29, 1.82) is 0 Å². The van der Waals surface area contributed by atoms with Gasteiger partial charge in [-0.1, -0.05) is 56.3 Å². The molecule has 4 aromatic rings. The summed E-state index contributed by atoms with van der Waals surface area (Å²) in [5, 5.41) is 0.478. The fourth-order valence-electron chi connectivity index (χ4n) is 4.69. The first kappa shape index (κ1) is 28.4. The largest absolute Gasteiger partial charge is 0.497 e. The van der Waals surface area contributed by atoms with Gasteiger partial charge in [0.15, 0.2) is 0 Å². The van der Waals surface area contributed by atoms with Gasteiger partial charge in [-0.25, -0.2) is 4.98 Å². The topological polar surface area (TPSA) is 73.7 Å². The van der Waals surface area contributed by atoms with E-state index < -0.39 is 6.04 Å². The van der Waals surface area contributed by atoms with Crippen molar-refractivity contribution >= 4 is 32.7 Å². The minimum atomic E-state index is -0.499. The van der Waals surface area contributed by atoms with Crippen molar-refractivity contribution in [2.45, 2.75) is 39.7 Å². The molecule has 4 rings (SSSR count). The SMILES string of the molecule is COc1cc(OC)c(Br)c(-n2c(C(C)N(CCc3ccccc3)C(=O)CC(C)C)nc3ccccc3c2=O)c1. The Balaban J connectivity index is 1.92. The Kier molecular flexibility index (Phi) is 9.07. The Hall–Kier alpha value is -3.65. The van der Waals surface area contributed by atoms with Gasteiger partial charge in [0, 0.05) is 25.1 Å². The molecule has 1 heterocycles. The number of amides is 1. The maximum atomic E-state index is 14.1. The molecule has 204 valence electrons. The predicted molar refractivity (Wildman–Crippen MR) is 158 cm³/mol. The molecule has 0 aliphatic heterocycles. The van der Waals surface area contributed by atoms with Gasteiger partial charge in [0.05, 0.1) is 41.3 Å². The molecule has 0 saturated heterocycles. The second-order valence-electron chi connectivity index (χ2n) is 9.89. The van der Waals surface area contributed by atoms with Gasteiger partial charge in [-0.15, -0.1) is 0 Å². The van der Waals surface area contributed by atoms with Crippen LogP contribution in [-0.4, -0.2) is 41.1 Å². The van der Waals surface area contributed by atoms with Crippen LogP contribution in [0.5, 0.6) is 11.5 Å². The quantitative estimate of drug-likeness (QED) is 0.215. The summed E-state index contributed by atoms with van der Waals surface area (Å²) in [4.78, 5) is 34.5. The average molecular weight is 593 g/mol. The zero-order valence-electron chi connectivity index (χ0n) is 23.0. The third-order valence-corrected chi connectivity index (χ3v) is 7.52. The molecule has 8 heteroatoms. The van der Waals surface area contributed by atoms with Gasteiger partial charge < -0.3 is 14.4 Å². The smallest absolute Gasteiger partial charge is 0.266 e. The van der Waals surface area contributed by atoms with E-state index in [9.17, 15) is 9.59 Å². The monoisotopic (exact) mass is 591 g/mol. The van der Waals surface area contributed by atoms with Crippen LogP contribution in [0.15, 0.2) is 76.0 Å². The van der Waals surface area contributed by atoms with Crippen LogP contribution in [-0.2, 0) is 11.2 Å². The number of nitrogens with zero attached hydrogens (tertiary/aromatic N) is 3. The van der Waals surface area contributed by atoms with Crippen LogP contribution in [0.2, 0.25) is 0 Å². The molecule has 1 atom stereocenters. The zero-order valence-corrected chi connectivity index (χ0v) is 24.6. The molecule has 1 aromatic heterocycles. The molecule has 0 aliphatic carbocycles. The van der Waals surface area contributed by atoms with E-state index >= 15 is 0 Å². The van der Waals surface area contributed by atoms with Crippen molar-refractivity contribution in [2.75, 3.05) is 20.8 Å². The fraction of sp³-hybridized carbons (Fsp3) is 0.323. The van der Waals surface area contributed by atoms with Gasteiger partial charge in [0.2, 0.25) is 5.91 Å². The number of methoxy groups -OCH3 is 2. The van der Waals surface area contributed by atoms with Crippen LogP contribution in [0.1, 0.15) is 44.6 Å². The summed E-state index contributed by atoms with van der Waals surface area (Å²) in [5.74, 6) is 1.71. The van der Waals surface area contributed by atoms with E-state index in [-0.39, 0.29) is 17.4 Å². The number of aromatic nitrogens is 2. The van der Waals surface area contributed by atoms with Gasteiger partial charge in [-0.2, -0.15) is 0 Å². The molecule has 3 aromatic carbocycles. The number of benzene rings is 3. The number of halogens is 1. The molecule has 0 N–H and O–H groups in total. The lowest BCUT2D eigenvalue weighted by Crippen LogP contribution is -2.39. The molecular formula is C31H34BrN3O4. The molecule has 0 aliphatic rings. The number of rotatable bonds is 10. The first-order valence-electron chi connectivity index (χ1n) is 13.0. The first-order valence-corrected chi connectivity index (χ1v) is 13.8. The zero-order chi connectivity index (χ0) is 28.1. The van der Waals surface area contributed by atoms with Crippen LogP contribution in [0, 0.1) is 5.92 Å². The van der Waals surface area contributed by atoms with Crippen molar-refractivity contribution in [2.24, 2.45) is 5.92 Å². The third-order valence-electron chi connectivity index (χ3n) is 6.72. The maximum absolute atomic E-state index is 14.1. The van der Waals surface area contributed by atoms with Crippen LogP contribution in [0.3, 0.4) is 0 Å². The van der Waals surface area contributed by atoms with Gasteiger partial charge in [-0.3, -0.25) is 14.2 Å². The highest BCUT2D eigenvalue weighted by atomic mass is 79.9. The number of para-hydroxylation sites is 1. The summed E-state index contributed by atoms with van der Waals surface area (Å²) < 4.78 is 13.2. The van der Waals surface area contributed by atoms with Crippen LogP contribution in [0.4, 0.5) is 0 Å². The summed E-state index contributed by atoms with van der Waals surface area (Å²) in [5.41, 5.74) is 2.00. The maximum Gasteiger partial charge on any atom is 0.266 e. The van der Waals surface area contributed by atoms with E-state index in [2.05, 4.69) is 28.1 Å². The molecule has 0 spiro atoms. The normalized spacial score (nSPS) is 12.0. The second kappa shape index (κ2) is 12.5. The van der Waals surface area contributed by atoms with Crippen molar-refractivity contribution in [3.05, 3.63) is 92.9 Å². The second-order valence-corrected chi connectivity index (χ2v) is 10.7. The molecule has 1 amide bonds. The lowest BCUT2D eigenvalue weighted by atomic mass is 10.1. The van der Waals surface area contributed by atoms with Crippen LogP contribution < -0.4 is 15.0 Å². The summed E-state index contributed by atoms with van der Waals surface area (Å²) in [6, 6.07) is 20.4. The summed E-state index contributed by atoms with van der Waals surface area (Å²) in [6.45, 7) is 6.48. The van der Waals surface area contributed by atoms with E-state index in [1.54, 1.807) is 37.0 Å². The van der Waals surface area contributed by atoms with E-state index in [0.717, 1.165) is 5.56 Å². The Morgan fingerprint density at radius 3 is 2.36 bits per heavy atom. The summed E-state index contributed by atoms with van der Waals surface area (Å²) in [6.07, 6.45) is 1.08. The first-order chi connectivity index (χ1) is 18.7. The highest BCUT2D eigenvalue weighted by Gasteiger charge is 2.28. The number of ether oxygens (including phenoxy) is 2. The molecule has 39 heavy (non-hydrogen) atoms. The van der Waals surface area contributed by atoms with Gasteiger partial charge in [0.1, 0.15) is 17.3 Å². The Labute approximate surface area is 237 Å². The van der Waals surface area contributed by atoms with E-state index in [1.807, 2.05) is 62.1 Å². The Morgan fingerprint density at radius 2 is 1.69 bits per heavy atom. The molecule has 0 fully saturated rings. The summed E-state index contributed by atoms with van der Waals surface area (Å²) >= 11 is 3.63. The number of hydrogen-bond acceptors (Lipinski definition) is 5. The average Bonchev–Trinajstić information content (AvgIpc) is 2.93. The Morgan fingerprint density at radius 1 is 1.00 bits per heavy atom.